The standard InChI is InChI=1S/C22H25N7O3S/c1-28(2)16-10-12-29(14-16)33(31,32)17-8-6-15(7-9-17)18-13-25-21(23)20(26-18)22(30)27-19-5-3-4-11-24-19/h3-9,11,13,16H,10,12,14H2,1-2H3,(H2,23,25)(H,24,27,30). The van der Waals surface area contributed by atoms with Gasteiger partial charge in [-0.05, 0) is 44.8 Å². The summed E-state index contributed by atoms with van der Waals surface area (Å²) in [5.41, 5.74) is 6.83. The molecule has 11 heteroatoms. The van der Waals surface area contributed by atoms with E-state index in [0.717, 1.165) is 6.42 Å². The van der Waals surface area contributed by atoms with Crippen LogP contribution in [-0.4, -0.2) is 71.7 Å². The minimum absolute atomic E-state index is 0.0177. The second kappa shape index (κ2) is 9.22. The van der Waals surface area contributed by atoms with Crippen molar-refractivity contribution in [3.05, 3.63) is 60.6 Å². The van der Waals surface area contributed by atoms with E-state index in [1.165, 1.54) is 10.5 Å². The summed E-state index contributed by atoms with van der Waals surface area (Å²) in [5.74, 6) is -0.192. The molecule has 0 bridgehead atoms. The molecule has 3 aromatic rings. The number of sulfonamides is 1. The molecule has 1 fully saturated rings. The zero-order chi connectivity index (χ0) is 23.6. The van der Waals surface area contributed by atoms with Crippen molar-refractivity contribution in [2.75, 3.05) is 38.2 Å². The molecule has 4 rings (SSSR count). The molecule has 3 N–H and O–H groups in total. The number of amides is 1. The molecule has 0 radical (unpaired) electrons. The number of benzene rings is 1. The molecule has 1 amide bonds. The Hall–Kier alpha value is -3.41. The highest BCUT2D eigenvalue weighted by molar-refractivity contribution is 7.89. The Balaban J connectivity index is 1.54. The Morgan fingerprint density at radius 1 is 1.15 bits per heavy atom. The number of hydrogen-bond donors (Lipinski definition) is 2. The largest absolute Gasteiger partial charge is 0.382 e. The molecule has 0 aliphatic carbocycles. The molecule has 172 valence electrons. The van der Waals surface area contributed by atoms with Gasteiger partial charge in [-0.2, -0.15) is 4.31 Å². The fraction of sp³-hybridized carbons (Fsp3) is 0.273. The number of likely N-dealkylation sites (N-methyl/N-ethyl adjacent to an activating group) is 1. The number of anilines is 2. The van der Waals surface area contributed by atoms with Crippen LogP contribution in [0.5, 0.6) is 0 Å². The number of carbonyl (C=O) groups excluding carboxylic acids is 1. The van der Waals surface area contributed by atoms with Gasteiger partial charge in [0.25, 0.3) is 5.91 Å². The summed E-state index contributed by atoms with van der Waals surface area (Å²) in [4.78, 5) is 27.3. The number of aromatic nitrogens is 3. The minimum atomic E-state index is -3.59. The maximum Gasteiger partial charge on any atom is 0.279 e. The second-order valence-electron chi connectivity index (χ2n) is 7.95. The third kappa shape index (κ3) is 4.85. The van der Waals surface area contributed by atoms with Crippen molar-refractivity contribution in [2.24, 2.45) is 0 Å². The van der Waals surface area contributed by atoms with E-state index < -0.39 is 15.9 Å². The van der Waals surface area contributed by atoms with Gasteiger partial charge in [0.15, 0.2) is 11.5 Å². The van der Waals surface area contributed by atoms with Crippen molar-refractivity contribution in [3.63, 3.8) is 0 Å². The summed E-state index contributed by atoms with van der Waals surface area (Å²) in [6, 6.07) is 11.7. The summed E-state index contributed by atoms with van der Waals surface area (Å²) >= 11 is 0. The molecule has 1 saturated heterocycles. The number of nitrogen functional groups attached to an aromatic ring is 1. The molecule has 1 atom stereocenters. The molecular formula is C22H25N7O3S. The Morgan fingerprint density at radius 2 is 1.91 bits per heavy atom. The van der Waals surface area contributed by atoms with Crippen LogP contribution in [0, 0.1) is 0 Å². The highest BCUT2D eigenvalue weighted by atomic mass is 32.2. The summed E-state index contributed by atoms with van der Waals surface area (Å²) in [7, 11) is 0.318. The Morgan fingerprint density at radius 3 is 2.55 bits per heavy atom. The molecule has 1 unspecified atom stereocenters. The monoisotopic (exact) mass is 467 g/mol. The predicted octanol–water partition coefficient (Wildman–Crippen LogP) is 1.70. The molecular weight excluding hydrogens is 442 g/mol. The highest BCUT2D eigenvalue weighted by Crippen LogP contribution is 2.25. The maximum absolute atomic E-state index is 13.0. The minimum Gasteiger partial charge on any atom is -0.382 e. The summed E-state index contributed by atoms with van der Waals surface area (Å²) in [5, 5.41) is 2.63. The van der Waals surface area contributed by atoms with Gasteiger partial charge in [-0.1, -0.05) is 18.2 Å². The number of rotatable bonds is 6. The van der Waals surface area contributed by atoms with Crippen LogP contribution in [0.3, 0.4) is 0 Å². The summed E-state index contributed by atoms with van der Waals surface area (Å²) in [6.07, 6.45) is 3.80. The lowest BCUT2D eigenvalue weighted by Crippen LogP contribution is -2.34. The number of nitrogens with two attached hydrogens (primary N) is 1. The fourth-order valence-electron chi connectivity index (χ4n) is 3.61. The van der Waals surface area contributed by atoms with Crippen LogP contribution in [0.15, 0.2) is 59.8 Å². The fourth-order valence-corrected chi connectivity index (χ4v) is 5.11. The summed E-state index contributed by atoms with van der Waals surface area (Å²) < 4.78 is 27.5. The van der Waals surface area contributed by atoms with Gasteiger partial charge >= 0.3 is 0 Å². The molecule has 33 heavy (non-hydrogen) atoms. The quantitative estimate of drug-likeness (QED) is 0.559. The SMILES string of the molecule is CN(C)C1CCN(S(=O)(=O)c2ccc(-c3cnc(N)c(C(=O)Nc4ccccn4)n3)cc2)C1. The molecule has 0 saturated carbocycles. The number of pyridine rings is 1. The normalized spacial score (nSPS) is 16.8. The molecule has 1 aliphatic rings. The molecule has 1 aromatic carbocycles. The number of nitrogens with zero attached hydrogens (tertiary/aromatic N) is 5. The molecule has 0 spiro atoms. The van der Waals surface area contributed by atoms with E-state index in [0.29, 0.717) is 30.2 Å². The average Bonchev–Trinajstić information content (AvgIpc) is 3.32. The lowest BCUT2D eigenvalue weighted by Gasteiger charge is -2.20. The van der Waals surface area contributed by atoms with E-state index >= 15 is 0 Å². The molecule has 2 aromatic heterocycles. The van der Waals surface area contributed by atoms with Crippen LogP contribution in [0.1, 0.15) is 16.9 Å². The van der Waals surface area contributed by atoms with E-state index in [1.807, 2.05) is 19.0 Å². The van der Waals surface area contributed by atoms with Gasteiger partial charge in [-0.15, -0.1) is 0 Å². The van der Waals surface area contributed by atoms with Gasteiger partial charge in [-0.3, -0.25) is 4.79 Å². The van der Waals surface area contributed by atoms with Crippen molar-refractivity contribution in [1.29, 1.82) is 0 Å². The van der Waals surface area contributed by atoms with E-state index in [1.54, 1.807) is 48.7 Å². The van der Waals surface area contributed by atoms with Crippen molar-refractivity contribution in [1.82, 2.24) is 24.2 Å². The first-order valence-electron chi connectivity index (χ1n) is 10.4. The highest BCUT2D eigenvalue weighted by Gasteiger charge is 2.33. The van der Waals surface area contributed by atoms with Gasteiger partial charge in [0.2, 0.25) is 10.0 Å². The number of nitrogens with one attached hydrogen (secondary N) is 1. The van der Waals surface area contributed by atoms with Gasteiger partial charge in [-0.25, -0.2) is 23.4 Å². The van der Waals surface area contributed by atoms with Crippen LogP contribution in [0.2, 0.25) is 0 Å². The van der Waals surface area contributed by atoms with Crippen molar-refractivity contribution in [2.45, 2.75) is 17.4 Å². The van der Waals surface area contributed by atoms with Crippen LogP contribution < -0.4 is 11.1 Å². The van der Waals surface area contributed by atoms with Crippen LogP contribution >= 0.6 is 0 Å². The Labute approximate surface area is 192 Å². The maximum atomic E-state index is 13.0. The number of hydrogen-bond acceptors (Lipinski definition) is 8. The first kappa shape index (κ1) is 22.8. The van der Waals surface area contributed by atoms with Crippen molar-refractivity contribution >= 4 is 27.6 Å². The lowest BCUT2D eigenvalue weighted by atomic mass is 10.1. The van der Waals surface area contributed by atoms with Gasteiger partial charge in [0.05, 0.1) is 16.8 Å². The Kier molecular flexibility index (Phi) is 6.36. The first-order valence-corrected chi connectivity index (χ1v) is 11.8. The van der Waals surface area contributed by atoms with E-state index in [-0.39, 0.29) is 22.4 Å². The number of carbonyl (C=O) groups is 1. The molecule has 3 heterocycles. The molecule has 1 aliphatic heterocycles. The van der Waals surface area contributed by atoms with Crippen LogP contribution in [0.4, 0.5) is 11.6 Å². The van der Waals surface area contributed by atoms with E-state index in [2.05, 4.69) is 20.3 Å². The van der Waals surface area contributed by atoms with Gasteiger partial charge in [0.1, 0.15) is 5.82 Å². The smallest absolute Gasteiger partial charge is 0.279 e. The summed E-state index contributed by atoms with van der Waals surface area (Å²) in [6.45, 7) is 0.959. The van der Waals surface area contributed by atoms with E-state index in [4.69, 9.17) is 5.73 Å². The average molecular weight is 468 g/mol. The van der Waals surface area contributed by atoms with Crippen LogP contribution in [0.25, 0.3) is 11.3 Å². The topological polar surface area (TPSA) is 134 Å². The van der Waals surface area contributed by atoms with Crippen LogP contribution in [-0.2, 0) is 10.0 Å². The van der Waals surface area contributed by atoms with Crippen molar-refractivity contribution < 1.29 is 13.2 Å². The molecule has 10 nitrogen and oxygen atoms in total. The Bertz CT molecular complexity index is 1250. The van der Waals surface area contributed by atoms with Gasteiger partial charge < -0.3 is 16.0 Å². The third-order valence-electron chi connectivity index (χ3n) is 5.57. The second-order valence-corrected chi connectivity index (χ2v) is 9.89. The zero-order valence-electron chi connectivity index (χ0n) is 18.3. The first-order chi connectivity index (χ1) is 15.8. The predicted molar refractivity (Wildman–Crippen MR) is 125 cm³/mol. The zero-order valence-corrected chi connectivity index (χ0v) is 19.2. The van der Waals surface area contributed by atoms with E-state index in [9.17, 15) is 13.2 Å². The van der Waals surface area contributed by atoms with Gasteiger partial charge in [0, 0.05) is 30.9 Å². The lowest BCUT2D eigenvalue weighted by molar-refractivity contribution is 0.102. The van der Waals surface area contributed by atoms with Crippen molar-refractivity contribution in [3.8, 4) is 11.3 Å². The third-order valence-corrected chi connectivity index (χ3v) is 7.45.